The van der Waals surface area contributed by atoms with Crippen LogP contribution in [0.15, 0.2) is 71.8 Å². The largest absolute Gasteiger partial charge is 0.497 e. The number of hydrogen-bond donors (Lipinski definition) is 1. The fourth-order valence-electron chi connectivity index (χ4n) is 4.52. The Balaban J connectivity index is 1.39. The van der Waals surface area contributed by atoms with Crippen LogP contribution in [0.1, 0.15) is 45.1 Å². The Morgan fingerprint density at radius 1 is 1.09 bits per heavy atom. The zero-order chi connectivity index (χ0) is 24.4. The lowest BCUT2D eigenvalue weighted by Gasteiger charge is -2.23. The van der Waals surface area contributed by atoms with Crippen molar-refractivity contribution < 1.29 is 19.1 Å². The Morgan fingerprint density at radius 3 is 2.60 bits per heavy atom. The van der Waals surface area contributed by atoms with Gasteiger partial charge in [-0.3, -0.25) is 9.59 Å². The molecule has 3 aromatic carbocycles. The molecular formula is C28H27N3O4. The minimum Gasteiger partial charge on any atom is -0.497 e. The van der Waals surface area contributed by atoms with E-state index in [0.717, 1.165) is 33.7 Å². The first-order valence-corrected chi connectivity index (χ1v) is 11.7. The number of fused-ring (bicyclic) bond motifs is 1. The maximum absolute atomic E-state index is 13.4. The van der Waals surface area contributed by atoms with Crippen LogP contribution in [0.5, 0.6) is 11.5 Å². The molecule has 0 saturated heterocycles. The van der Waals surface area contributed by atoms with E-state index in [0.29, 0.717) is 30.7 Å². The average molecular weight is 470 g/mol. The number of nitrogens with one attached hydrogen (secondary N) is 1. The lowest BCUT2D eigenvalue weighted by molar-refractivity contribution is -0.135. The van der Waals surface area contributed by atoms with Crippen LogP contribution in [0.2, 0.25) is 0 Å². The molecule has 0 unspecified atom stereocenters. The van der Waals surface area contributed by atoms with Gasteiger partial charge in [0.15, 0.2) is 6.61 Å². The highest BCUT2D eigenvalue weighted by molar-refractivity contribution is 6.03. The molecule has 1 N–H and O–H groups in total. The summed E-state index contributed by atoms with van der Waals surface area (Å²) >= 11 is 0. The monoisotopic (exact) mass is 469 g/mol. The van der Waals surface area contributed by atoms with Crippen molar-refractivity contribution in [1.29, 1.82) is 0 Å². The van der Waals surface area contributed by atoms with Gasteiger partial charge in [0.25, 0.3) is 11.8 Å². The number of amides is 2. The van der Waals surface area contributed by atoms with E-state index < -0.39 is 0 Å². The van der Waals surface area contributed by atoms with Crippen LogP contribution in [0.3, 0.4) is 0 Å². The van der Waals surface area contributed by atoms with Crippen LogP contribution in [0, 0.1) is 6.92 Å². The summed E-state index contributed by atoms with van der Waals surface area (Å²) in [4.78, 5) is 25.5. The molecule has 7 heteroatoms. The fraction of sp³-hybridized carbons (Fsp3) is 0.250. The predicted molar refractivity (Wildman–Crippen MR) is 133 cm³/mol. The van der Waals surface area contributed by atoms with Crippen molar-refractivity contribution in [2.24, 2.45) is 5.10 Å². The number of aryl methyl sites for hydroxylation is 1. The number of carbonyl (C=O) groups is 2. The second-order valence-corrected chi connectivity index (χ2v) is 8.72. The van der Waals surface area contributed by atoms with Crippen molar-refractivity contribution in [3.63, 3.8) is 0 Å². The second-order valence-electron chi connectivity index (χ2n) is 8.72. The standard InChI is InChI=1S/C28H27N3O4/c1-18-6-8-20(9-7-18)25-16-24(19-10-12-21(34-2)13-11-19)30-31(25)27(32)17-35-26-5-3-4-23-22(26)14-15-29-28(23)33/h3-13,25H,14-17H2,1-2H3,(H,29,33)/t25-/m1/s1. The lowest BCUT2D eigenvalue weighted by Crippen LogP contribution is -2.33. The van der Waals surface area contributed by atoms with Gasteiger partial charge in [0, 0.05) is 24.1 Å². The number of hydrogen-bond acceptors (Lipinski definition) is 5. The Morgan fingerprint density at radius 2 is 1.86 bits per heavy atom. The van der Waals surface area contributed by atoms with Gasteiger partial charge in [-0.05, 0) is 60.9 Å². The SMILES string of the molecule is COc1ccc(C2=NN(C(=O)COc3cccc4c3CCNC4=O)[C@@H](c3ccc(C)cc3)C2)cc1. The molecule has 7 nitrogen and oxygen atoms in total. The summed E-state index contributed by atoms with van der Waals surface area (Å²) in [7, 11) is 1.63. The van der Waals surface area contributed by atoms with Gasteiger partial charge in [-0.25, -0.2) is 5.01 Å². The van der Waals surface area contributed by atoms with Gasteiger partial charge >= 0.3 is 0 Å². The molecule has 5 rings (SSSR count). The van der Waals surface area contributed by atoms with E-state index in [1.54, 1.807) is 25.3 Å². The number of carbonyl (C=O) groups excluding carboxylic acids is 2. The van der Waals surface area contributed by atoms with Gasteiger partial charge < -0.3 is 14.8 Å². The molecule has 0 spiro atoms. The van der Waals surface area contributed by atoms with Crippen LogP contribution in [0.25, 0.3) is 0 Å². The van der Waals surface area contributed by atoms with Crippen molar-refractivity contribution in [1.82, 2.24) is 10.3 Å². The first-order valence-electron chi connectivity index (χ1n) is 11.7. The van der Waals surface area contributed by atoms with Crippen LogP contribution >= 0.6 is 0 Å². The van der Waals surface area contributed by atoms with E-state index in [2.05, 4.69) is 5.32 Å². The zero-order valence-corrected chi connectivity index (χ0v) is 19.8. The maximum atomic E-state index is 13.4. The summed E-state index contributed by atoms with van der Waals surface area (Å²) in [6, 6.07) is 21.0. The topological polar surface area (TPSA) is 80.2 Å². The average Bonchev–Trinajstić information content (AvgIpc) is 3.34. The number of nitrogens with zero attached hydrogens (tertiary/aromatic N) is 2. The molecule has 0 bridgehead atoms. The second kappa shape index (κ2) is 9.62. The van der Waals surface area contributed by atoms with Crippen molar-refractivity contribution in [3.8, 4) is 11.5 Å². The molecule has 3 aromatic rings. The first-order chi connectivity index (χ1) is 17.0. The molecule has 0 fully saturated rings. The number of ether oxygens (including phenoxy) is 2. The van der Waals surface area contributed by atoms with Gasteiger partial charge in [0.2, 0.25) is 0 Å². The first kappa shape index (κ1) is 22.7. The van der Waals surface area contributed by atoms with Crippen LogP contribution in [-0.4, -0.2) is 42.8 Å². The van der Waals surface area contributed by atoms with E-state index in [4.69, 9.17) is 14.6 Å². The summed E-state index contributed by atoms with van der Waals surface area (Å²) in [5.41, 5.74) is 5.39. The van der Waals surface area contributed by atoms with Crippen LogP contribution < -0.4 is 14.8 Å². The van der Waals surface area contributed by atoms with Gasteiger partial charge in [0.1, 0.15) is 11.5 Å². The molecule has 2 heterocycles. The highest BCUT2D eigenvalue weighted by Crippen LogP contribution is 2.34. The van der Waals surface area contributed by atoms with E-state index >= 15 is 0 Å². The van der Waals surface area contributed by atoms with E-state index in [-0.39, 0.29) is 24.5 Å². The Kier molecular flexibility index (Phi) is 6.23. The van der Waals surface area contributed by atoms with Crippen molar-refractivity contribution in [2.45, 2.75) is 25.8 Å². The molecule has 178 valence electrons. The third-order valence-electron chi connectivity index (χ3n) is 6.44. The summed E-state index contributed by atoms with van der Waals surface area (Å²) in [6.07, 6.45) is 1.27. The Bertz CT molecular complexity index is 1280. The smallest absolute Gasteiger partial charge is 0.281 e. The number of methoxy groups -OCH3 is 1. The molecule has 0 saturated carbocycles. The van der Waals surface area contributed by atoms with E-state index in [9.17, 15) is 9.59 Å². The molecule has 2 amide bonds. The Hall–Kier alpha value is -4.13. The van der Waals surface area contributed by atoms with Crippen molar-refractivity contribution in [2.75, 3.05) is 20.3 Å². The molecular weight excluding hydrogens is 442 g/mol. The van der Waals surface area contributed by atoms with E-state index in [1.807, 2.05) is 55.5 Å². The van der Waals surface area contributed by atoms with Gasteiger partial charge in [-0.2, -0.15) is 5.10 Å². The molecule has 35 heavy (non-hydrogen) atoms. The summed E-state index contributed by atoms with van der Waals surface area (Å²) in [5, 5.41) is 9.09. The molecule has 0 aromatic heterocycles. The molecule has 2 aliphatic heterocycles. The summed E-state index contributed by atoms with van der Waals surface area (Å²) in [5.74, 6) is 0.979. The normalized spacial score (nSPS) is 16.9. The molecule has 2 aliphatic rings. The maximum Gasteiger partial charge on any atom is 0.281 e. The van der Waals surface area contributed by atoms with Crippen LogP contribution in [-0.2, 0) is 11.2 Å². The fourth-order valence-corrected chi connectivity index (χ4v) is 4.52. The van der Waals surface area contributed by atoms with Gasteiger partial charge in [-0.15, -0.1) is 0 Å². The Labute approximate surface area is 204 Å². The molecule has 1 atom stereocenters. The van der Waals surface area contributed by atoms with Crippen molar-refractivity contribution in [3.05, 3.63) is 94.5 Å². The minimum atomic E-state index is -0.239. The number of hydrazone groups is 1. The third kappa shape index (κ3) is 4.62. The van der Waals surface area contributed by atoms with Crippen LogP contribution in [0.4, 0.5) is 0 Å². The highest BCUT2D eigenvalue weighted by Gasteiger charge is 2.33. The highest BCUT2D eigenvalue weighted by atomic mass is 16.5. The number of benzene rings is 3. The molecule has 0 radical (unpaired) electrons. The molecule has 0 aliphatic carbocycles. The summed E-state index contributed by atoms with van der Waals surface area (Å²) in [6.45, 7) is 2.42. The van der Waals surface area contributed by atoms with E-state index in [1.165, 1.54) is 5.01 Å². The van der Waals surface area contributed by atoms with Crippen molar-refractivity contribution >= 4 is 17.5 Å². The predicted octanol–water partition coefficient (Wildman–Crippen LogP) is 4.05. The lowest BCUT2D eigenvalue weighted by atomic mass is 9.97. The minimum absolute atomic E-state index is 0.115. The zero-order valence-electron chi connectivity index (χ0n) is 19.8. The quantitative estimate of drug-likeness (QED) is 0.591. The summed E-state index contributed by atoms with van der Waals surface area (Å²) < 4.78 is 11.2. The van der Waals surface area contributed by atoms with Gasteiger partial charge in [-0.1, -0.05) is 35.9 Å². The van der Waals surface area contributed by atoms with Gasteiger partial charge in [0.05, 0.1) is 18.9 Å². The third-order valence-corrected chi connectivity index (χ3v) is 6.44. The number of rotatable bonds is 6.